The lowest BCUT2D eigenvalue weighted by Crippen LogP contribution is -2.28. The fourth-order valence-corrected chi connectivity index (χ4v) is 2.20. The average Bonchev–Trinajstić information content (AvgIpc) is 2.67. The zero-order valence-corrected chi connectivity index (χ0v) is 12.8. The molecule has 1 saturated carbocycles. The van der Waals surface area contributed by atoms with Crippen molar-refractivity contribution in [1.29, 1.82) is 0 Å². The number of ether oxygens (including phenoxy) is 1. The number of rotatable bonds is 6. The van der Waals surface area contributed by atoms with E-state index < -0.39 is 11.8 Å². The van der Waals surface area contributed by atoms with E-state index in [9.17, 15) is 9.59 Å². The molecule has 1 rings (SSSR count). The second kappa shape index (κ2) is 9.07. The molecule has 0 radical (unpaired) electrons. The van der Waals surface area contributed by atoms with Crippen molar-refractivity contribution in [1.82, 2.24) is 0 Å². The normalized spacial score (nSPS) is 17.7. The van der Waals surface area contributed by atoms with E-state index in [-0.39, 0.29) is 23.8 Å². The summed E-state index contributed by atoms with van der Waals surface area (Å²) in [6, 6.07) is 0. The Kier molecular flexibility index (Phi) is 7.70. The van der Waals surface area contributed by atoms with Crippen LogP contribution in [0.1, 0.15) is 45.4 Å². The third kappa shape index (κ3) is 5.72. The minimum atomic E-state index is -0.722. The Morgan fingerprint density at radius 1 is 1.21 bits per heavy atom. The van der Waals surface area contributed by atoms with Gasteiger partial charge in [0.05, 0.1) is 11.9 Å². The first-order chi connectivity index (χ1) is 9.19. The summed E-state index contributed by atoms with van der Waals surface area (Å²) >= 11 is 3.02. The maximum atomic E-state index is 11.6. The van der Waals surface area contributed by atoms with Gasteiger partial charge in [-0.3, -0.25) is 4.79 Å². The van der Waals surface area contributed by atoms with Gasteiger partial charge in [0.25, 0.3) is 0 Å². The number of ketones is 1. The minimum Gasteiger partial charge on any atom is -0.461 e. The number of hydrogen-bond donors (Lipinski definition) is 0. The molecule has 0 unspecified atom stereocenters. The fraction of sp³-hybridized carbons (Fsp3) is 0.769. The van der Waals surface area contributed by atoms with E-state index in [1.54, 1.807) is 6.92 Å². The van der Waals surface area contributed by atoms with Gasteiger partial charge in [0.2, 0.25) is 11.5 Å². The van der Waals surface area contributed by atoms with Crippen molar-refractivity contribution in [2.75, 3.05) is 11.9 Å². The fourth-order valence-electron chi connectivity index (χ4n) is 1.94. The van der Waals surface area contributed by atoms with E-state index in [4.69, 9.17) is 9.57 Å². The van der Waals surface area contributed by atoms with Gasteiger partial charge in [-0.1, -0.05) is 33.9 Å². The number of esters is 1. The van der Waals surface area contributed by atoms with Gasteiger partial charge in [0.15, 0.2) is 0 Å². The molecule has 19 heavy (non-hydrogen) atoms. The van der Waals surface area contributed by atoms with E-state index >= 15 is 0 Å². The molecule has 0 saturated heterocycles. The Morgan fingerprint density at radius 2 is 1.84 bits per heavy atom. The van der Waals surface area contributed by atoms with Crippen LogP contribution in [0.3, 0.4) is 0 Å². The Hall–Kier alpha value is -0.910. The first-order valence-corrected chi connectivity index (χ1v) is 7.81. The first-order valence-electron chi connectivity index (χ1n) is 6.69. The largest absolute Gasteiger partial charge is 0.461 e. The van der Waals surface area contributed by atoms with Crippen LogP contribution in [0.15, 0.2) is 5.16 Å². The number of hydrogen-bond acceptors (Lipinski definition) is 5. The van der Waals surface area contributed by atoms with Gasteiger partial charge >= 0.3 is 5.97 Å². The molecule has 1 aliphatic carbocycles. The Labute approximate surface area is 121 Å². The van der Waals surface area contributed by atoms with E-state index in [0.717, 1.165) is 25.7 Å². The summed E-state index contributed by atoms with van der Waals surface area (Å²) in [5, 5.41) is 3.77. The predicted molar refractivity (Wildman–Crippen MR) is 75.4 cm³/mol. The number of alkyl halides is 1. The highest BCUT2D eigenvalue weighted by Crippen LogP contribution is 2.20. The van der Waals surface area contributed by atoms with Gasteiger partial charge in [0.1, 0.15) is 6.10 Å². The van der Waals surface area contributed by atoms with Crippen LogP contribution in [-0.2, 0) is 19.2 Å². The number of nitrogens with zero attached hydrogens (tertiary/aromatic N) is 1. The van der Waals surface area contributed by atoms with E-state index in [1.165, 1.54) is 12.8 Å². The molecule has 0 atom stereocenters. The molecule has 5 nitrogen and oxygen atoms in total. The predicted octanol–water partition coefficient (Wildman–Crippen LogP) is 2.61. The van der Waals surface area contributed by atoms with Gasteiger partial charge in [-0.05, 0) is 32.6 Å². The van der Waals surface area contributed by atoms with E-state index in [2.05, 4.69) is 21.1 Å². The molecule has 108 valence electrons. The third-order valence-corrected chi connectivity index (χ3v) is 3.46. The SMILES string of the molecule is CCOC(=O)/C(=N/OC1CCCCCC1)C(=O)CBr. The molecular formula is C13H20BrNO4. The second-order valence-electron chi connectivity index (χ2n) is 4.44. The maximum Gasteiger partial charge on any atom is 0.364 e. The number of Topliss-reactive ketones (excluding diaryl/α,β-unsaturated/α-hetero) is 1. The Morgan fingerprint density at radius 3 is 2.37 bits per heavy atom. The molecule has 0 aromatic rings. The molecule has 0 amide bonds. The number of halogens is 1. The summed E-state index contributed by atoms with van der Waals surface area (Å²) in [7, 11) is 0. The van der Waals surface area contributed by atoms with Crippen molar-refractivity contribution in [2.24, 2.45) is 5.16 Å². The quantitative estimate of drug-likeness (QED) is 0.187. The van der Waals surface area contributed by atoms with Gasteiger partial charge in [-0.25, -0.2) is 4.79 Å². The Balaban J connectivity index is 2.64. The van der Waals surface area contributed by atoms with Crippen molar-refractivity contribution >= 4 is 33.4 Å². The van der Waals surface area contributed by atoms with Crippen LogP contribution in [0.25, 0.3) is 0 Å². The van der Waals surface area contributed by atoms with Crippen molar-refractivity contribution in [3.05, 3.63) is 0 Å². The lowest BCUT2D eigenvalue weighted by Gasteiger charge is -2.12. The van der Waals surface area contributed by atoms with Crippen molar-refractivity contribution in [3.63, 3.8) is 0 Å². The molecule has 0 aromatic carbocycles. The number of oxime groups is 1. The summed E-state index contributed by atoms with van der Waals surface area (Å²) in [6.07, 6.45) is 6.44. The van der Waals surface area contributed by atoms with Gasteiger partial charge < -0.3 is 9.57 Å². The topological polar surface area (TPSA) is 65.0 Å². The highest BCUT2D eigenvalue weighted by Gasteiger charge is 2.23. The molecule has 0 bridgehead atoms. The van der Waals surface area contributed by atoms with Crippen molar-refractivity contribution < 1.29 is 19.2 Å². The van der Waals surface area contributed by atoms with Crippen molar-refractivity contribution in [2.45, 2.75) is 51.6 Å². The maximum absolute atomic E-state index is 11.6. The zero-order chi connectivity index (χ0) is 14.1. The van der Waals surface area contributed by atoms with Gasteiger partial charge in [0, 0.05) is 0 Å². The molecule has 0 heterocycles. The van der Waals surface area contributed by atoms with Crippen LogP contribution in [0.5, 0.6) is 0 Å². The number of carbonyl (C=O) groups excluding carboxylic acids is 2. The summed E-state index contributed by atoms with van der Waals surface area (Å²) in [4.78, 5) is 28.6. The average molecular weight is 334 g/mol. The highest BCUT2D eigenvalue weighted by molar-refractivity contribution is 9.09. The Bertz CT molecular complexity index is 336. The molecule has 0 aromatic heterocycles. The zero-order valence-electron chi connectivity index (χ0n) is 11.2. The first kappa shape index (κ1) is 16.1. The van der Waals surface area contributed by atoms with Crippen LogP contribution in [0.2, 0.25) is 0 Å². The third-order valence-electron chi connectivity index (χ3n) is 2.95. The van der Waals surface area contributed by atoms with E-state index in [1.807, 2.05) is 0 Å². The standard InChI is InChI=1S/C13H20BrNO4/c1-2-18-13(17)12(11(16)9-14)15-19-10-7-5-3-4-6-8-10/h10H,2-9H2,1H3/b15-12+. The summed E-state index contributed by atoms with van der Waals surface area (Å²) < 4.78 is 4.80. The lowest BCUT2D eigenvalue weighted by molar-refractivity contribution is -0.136. The molecule has 0 N–H and O–H groups in total. The molecule has 0 aliphatic heterocycles. The van der Waals surface area contributed by atoms with Crippen LogP contribution in [0, 0.1) is 0 Å². The molecular weight excluding hydrogens is 314 g/mol. The molecule has 1 fully saturated rings. The smallest absolute Gasteiger partial charge is 0.364 e. The van der Waals surface area contributed by atoms with Crippen LogP contribution >= 0.6 is 15.9 Å². The molecule has 0 spiro atoms. The van der Waals surface area contributed by atoms with Gasteiger partial charge in [-0.15, -0.1) is 0 Å². The highest BCUT2D eigenvalue weighted by atomic mass is 79.9. The molecule has 6 heteroatoms. The van der Waals surface area contributed by atoms with Crippen LogP contribution < -0.4 is 0 Å². The lowest BCUT2D eigenvalue weighted by atomic mass is 10.2. The number of carbonyl (C=O) groups is 2. The minimum absolute atomic E-state index is 0.00458. The van der Waals surface area contributed by atoms with Gasteiger partial charge in [-0.2, -0.15) is 0 Å². The second-order valence-corrected chi connectivity index (χ2v) is 5.00. The summed E-state index contributed by atoms with van der Waals surface area (Å²) in [6.45, 7) is 1.89. The summed E-state index contributed by atoms with van der Waals surface area (Å²) in [5.74, 6) is -1.15. The summed E-state index contributed by atoms with van der Waals surface area (Å²) in [5.41, 5.74) is -0.261. The van der Waals surface area contributed by atoms with Crippen LogP contribution in [-0.4, -0.2) is 35.5 Å². The van der Waals surface area contributed by atoms with Crippen LogP contribution in [0.4, 0.5) is 0 Å². The van der Waals surface area contributed by atoms with Crippen molar-refractivity contribution in [3.8, 4) is 0 Å². The van der Waals surface area contributed by atoms with E-state index in [0.29, 0.717) is 0 Å². The molecule has 1 aliphatic rings. The monoisotopic (exact) mass is 333 g/mol.